The van der Waals surface area contributed by atoms with Crippen molar-refractivity contribution in [3.8, 4) is 11.1 Å². The van der Waals surface area contributed by atoms with Gasteiger partial charge < -0.3 is 5.32 Å². The maximum atomic E-state index is 4.38. The highest BCUT2D eigenvalue weighted by molar-refractivity contribution is 7.10. The molecule has 1 aliphatic rings. The lowest BCUT2D eigenvalue weighted by Crippen LogP contribution is -2.19. The van der Waals surface area contributed by atoms with Crippen molar-refractivity contribution >= 4 is 23.0 Å². The van der Waals surface area contributed by atoms with E-state index in [-0.39, 0.29) is 6.04 Å². The predicted molar refractivity (Wildman–Crippen MR) is 106 cm³/mol. The Balaban J connectivity index is 1.52. The lowest BCUT2D eigenvalue weighted by Gasteiger charge is -2.23. The number of thiophene rings is 1. The molecule has 4 aromatic rings. The van der Waals surface area contributed by atoms with Gasteiger partial charge in [-0.3, -0.25) is 0 Å². The van der Waals surface area contributed by atoms with Crippen LogP contribution in [-0.2, 0) is 0 Å². The lowest BCUT2D eigenvalue weighted by molar-refractivity contribution is 0.620. The van der Waals surface area contributed by atoms with Crippen molar-refractivity contribution in [2.75, 3.05) is 5.32 Å². The summed E-state index contributed by atoms with van der Waals surface area (Å²) in [4.78, 5) is 5.61. The molecule has 26 heavy (non-hydrogen) atoms. The minimum Gasteiger partial charge on any atom is -0.324 e. The first-order valence-electron chi connectivity index (χ1n) is 8.46. The molecule has 4 nitrogen and oxygen atoms in total. The number of nitrogens with zero attached hydrogens (tertiary/aromatic N) is 3. The number of nitrogens with one attached hydrogen (secondary N) is 1. The smallest absolute Gasteiger partial charge is 0.226 e. The highest BCUT2D eigenvalue weighted by Gasteiger charge is 2.23. The second-order valence-corrected chi connectivity index (χ2v) is 7.12. The number of rotatable bonds is 3. The van der Waals surface area contributed by atoms with E-state index in [0.29, 0.717) is 0 Å². The first kappa shape index (κ1) is 15.1. The highest BCUT2D eigenvalue weighted by Crippen LogP contribution is 2.34. The maximum Gasteiger partial charge on any atom is 0.226 e. The zero-order valence-electron chi connectivity index (χ0n) is 13.9. The van der Waals surface area contributed by atoms with Crippen molar-refractivity contribution in [2.45, 2.75) is 6.04 Å². The zero-order chi connectivity index (χ0) is 17.3. The van der Waals surface area contributed by atoms with Gasteiger partial charge >= 0.3 is 0 Å². The SMILES string of the molecule is C1=C(c2ccc(-c3ccccc3)cc2)Nc2ncnn2[C@@H]1c1cccs1. The molecule has 0 fully saturated rings. The summed E-state index contributed by atoms with van der Waals surface area (Å²) in [6.07, 6.45) is 3.81. The van der Waals surface area contributed by atoms with E-state index < -0.39 is 0 Å². The summed E-state index contributed by atoms with van der Waals surface area (Å²) in [5.41, 5.74) is 4.63. The molecule has 1 N–H and O–H groups in total. The molecular formula is C21H16N4S. The molecule has 5 heteroatoms. The molecular weight excluding hydrogens is 340 g/mol. The average molecular weight is 356 g/mol. The molecule has 0 aliphatic carbocycles. The fraction of sp³-hybridized carbons (Fsp3) is 0.0476. The summed E-state index contributed by atoms with van der Waals surface area (Å²) in [5.74, 6) is 0.771. The largest absolute Gasteiger partial charge is 0.324 e. The van der Waals surface area contributed by atoms with Gasteiger partial charge in [-0.05, 0) is 34.2 Å². The van der Waals surface area contributed by atoms with Crippen LogP contribution in [0.1, 0.15) is 16.5 Å². The monoisotopic (exact) mass is 356 g/mol. The Labute approximate surface area is 155 Å². The van der Waals surface area contributed by atoms with E-state index in [0.717, 1.165) is 17.2 Å². The summed E-state index contributed by atoms with van der Waals surface area (Å²) in [6.45, 7) is 0. The molecule has 0 radical (unpaired) electrons. The van der Waals surface area contributed by atoms with E-state index in [1.807, 2.05) is 10.7 Å². The van der Waals surface area contributed by atoms with Crippen LogP contribution in [0.5, 0.6) is 0 Å². The van der Waals surface area contributed by atoms with Crippen LogP contribution in [0, 0.1) is 0 Å². The average Bonchev–Trinajstić information content (AvgIpc) is 3.40. The molecule has 0 spiro atoms. The van der Waals surface area contributed by atoms with Gasteiger partial charge in [0.05, 0.1) is 0 Å². The van der Waals surface area contributed by atoms with Crippen molar-refractivity contribution < 1.29 is 0 Å². The Kier molecular flexibility index (Phi) is 3.65. The third-order valence-corrected chi connectivity index (χ3v) is 5.49. The topological polar surface area (TPSA) is 42.7 Å². The second-order valence-electron chi connectivity index (χ2n) is 6.14. The van der Waals surface area contributed by atoms with E-state index in [1.165, 1.54) is 16.0 Å². The van der Waals surface area contributed by atoms with Gasteiger partial charge in [-0.15, -0.1) is 11.3 Å². The normalized spacial score (nSPS) is 15.8. The van der Waals surface area contributed by atoms with Crippen LogP contribution >= 0.6 is 11.3 Å². The van der Waals surface area contributed by atoms with Gasteiger partial charge in [-0.25, -0.2) is 4.68 Å². The number of fused-ring (bicyclic) bond motifs is 1. The van der Waals surface area contributed by atoms with Crippen molar-refractivity contribution in [1.82, 2.24) is 14.8 Å². The van der Waals surface area contributed by atoms with E-state index in [1.54, 1.807) is 17.7 Å². The van der Waals surface area contributed by atoms with Crippen LogP contribution in [0.15, 0.2) is 84.5 Å². The minimum atomic E-state index is 0.0672. The number of anilines is 1. The van der Waals surface area contributed by atoms with Gasteiger partial charge in [-0.1, -0.05) is 60.7 Å². The lowest BCUT2D eigenvalue weighted by atomic mass is 10.0. The summed E-state index contributed by atoms with van der Waals surface area (Å²) >= 11 is 1.73. The molecule has 2 aromatic carbocycles. The Morgan fingerprint density at radius 1 is 0.846 bits per heavy atom. The summed E-state index contributed by atoms with van der Waals surface area (Å²) < 4.78 is 1.92. The summed E-state index contributed by atoms with van der Waals surface area (Å²) in [5, 5.41) is 9.87. The van der Waals surface area contributed by atoms with Crippen molar-refractivity contribution in [3.05, 3.63) is 95.0 Å². The van der Waals surface area contributed by atoms with Crippen molar-refractivity contribution in [2.24, 2.45) is 0 Å². The number of aromatic nitrogens is 3. The number of benzene rings is 2. The third-order valence-electron chi connectivity index (χ3n) is 4.55. The molecule has 3 heterocycles. The molecule has 2 aromatic heterocycles. The molecule has 0 saturated heterocycles. The predicted octanol–water partition coefficient (Wildman–Crippen LogP) is 5.06. The van der Waals surface area contributed by atoms with Crippen LogP contribution < -0.4 is 5.32 Å². The first-order chi connectivity index (χ1) is 12.9. The standard InChI is InChI=1S/C21H16N4S/c1-2-5-15(6-3-1)16-8-10-17(11-9-16)18-13-19(20-7-4-12-26-20)25-21(24-18)22-14-23-25/h1-14,19H,(H,22,23,24)/t19-/m0/s1. The summed E-state index contributed by atoms with van der Waals surface area (Å²) in [7, 11) is 0. The van der Waals surface area contributed by atoms with Gasteiger partial charge in [0.25, 0.3) is 0 Å². The van der Waals surface area contributed by atoms with Crippen LogP contribution in [0.2, 0.25) is 0 Å². The van der Waals surface area contributed by atoms with Gasteiger partial charge in [0.15, 0.2) is 0 Å². The van der Waals surface area contributed by atoms with Crippen LogP contribution in [-0.4, -0.2) is 14.8 Å². The Bertz CT molecular complexity index is 1050. The van der Waals surface area contributed by atoms with Crippen molar-refractivity contribution in [1.29, 1.82) is 0 Å². The van der Waals surface area contributed by atoms with E-state index in [2.05, 4.69) is 87.5 Å². The molecule has 1 atom stereocenters. The third kappa shape index (κ3) is 2.62. The van der Waals surface area contributed by atoms with Crippen LogP contribution in [0.4, 0.5) is 5.95 Å². The molecule has 1 aliphatic heterocycles. The molecule has 0 unspecified atom stereocenters. The number of allylic oxidation sites excluding steroid dienone is 1. The Morgan fingerprint density at radius 2 is 1.62 bits per heavy atom. The zero-order valence-corrected chi connectivity index (χ0v) is 14.7. The van der Waals surface area contributed by atoms with E-state index >= 15 is 0 Å². The van der Waals surface area contributed by atoms with Gasteiger partial charge in [0.2, 0.25) is 5.95 Å². The van der Waals surface area contributed by atoms with Gasteiger partial charge in [-0.2, -0.15) is 10.1 Å². The van der Waals surface area contributed by atoms with Gasteiger partial charge in [0.1, 0.15) is 12.4 Å². The Morgan fingerprint density at radius 3 is 2.38 bits per heavy atom. The number of hydrogen-bond acceptors (Lipinski definition) is 4. The fourth-order valence-corrected chi connectivity index (χ4v) is 4.02. The molecule has 0 amide bonds. The molecule has 126 valence electrons. The fourth-order valence-electron chi connectivity index (χ4n) is 3.24. The molecule has 5 rings (SSSR count). The summed E-state index contributed by atoms with van der Waals surface area (Å²) in [6, 6.07) is 23.3. The van der Waals surface area contributed by atoms with Crippen LogP contribution in [0.3, 0.4) is 0 Å². The highest BCUT2D eigenvalue weighted by atomic mass is 32.1. The van der Waals surface area contributed by atoms with Gasteiger partial charge in [0, 0.05) is 10.6 Å². The van der Waals surface area contributed by atoms with E-state index in [4.69, 9.17) is 0 Å². The quantitative estimate of drug-likeness (QED) is 0.558. The van der Waals surface area contributed by atoms with Crippen LogP contribution in [0.25, 0.3) is 16.8 Å². The maximum absolute atomic E-state index is 4.38. The van der Waals surface area contributed by atoms with E-state index in [9.17, 15) is 0 Å². The van der Waals surface area contributed by atoms with Crippen molar-refractivity contribution in [3.63, 3.8) is 0 Å². The Hall–Kier alpha value is -3.18. The number of hydrogen-bond donors (Lipinski definition) is 1. The molecule has 0 bridgehead atoms. The first-order valence-corrected chi connectivity index (χ1v) is 9.34. The minimum absolute atomic E-state index is 0.0672. The second kappa shape index (κ2) is 6.28. The molecule has 0 saturated carbocycles.